The third-order valence-corrected chi connectivity index (χ3v) is 2.39. The van der Waals surface area contributed by atoms with E-state index in [1.807, 2.05) is 66.1 Å². The number of nitrogens with one attached hydrogen (secondary N) is 2. The van der Waals surface area contributed by atoms with Crippen molar-refractivity contribution in [2.75, 3.05) is 6.54 Å². The number of aromatic amines is 1. The highest BCUT2D eigenvalue weighted by atomic mass is 16.6. The van der Waals surface area contributed by atoms with E-state index >= 15 is 0 Å². The normalized spacial score (nSPS) is 10.2. The molecule has 1 heterocycles. The number of carbonyl (C=O) groups is 1. The van der Waals surface area contributed by atoms with Gasteiger partial charge >= 0.3 is 6.09 Å². The highest BCUT2D eigenvalue weighted by Gasteiger charge is 2.14. The summed E-state index contributed by atoms with van der Waals surface area (Å²) >= 11 is 0. The molecule has 0 bridgehead atoms. The molecule has 2 N–H and O–H groups in total. The molecule has 0 saturated carbocycles. The largest absolute Gasteiger partial charge is 0.444 e. The van der Waals surface area contributed by atoms with Crippen LogP contribution in [0.4, 0.5) is 4.79 Å². The number of amides is 1. The minimum atomic E-state index is -0.418. The fraction of sp³-hybridized carbons (Fsp3) is 0.611. The maximum atomic E-state index is 11.1. The molecule has 1 amide bonds. The molecule has 0 fully saturated rings. The monoisotopic (exact) mass is 310 g/mol. The Kier molecular flexibility index (Phi) is 13.3. The first-order chi connectivity index (χ1) is 10.3. The van der Waals surface area contributed by atoms with Gasteiger partial charge in [-0.05, 0) is 52.2 Å². The van der Waals surface area contributed by atoms with Crippen LogP contribution in [-0.2, 0) is 4.74 Å². The lowest BCUT2D eigenvalue weighted by atomic mass is 10.2. The third-order valence-electron chi connectivity index (χ3n) is 2.39. The van der Waals surface area contributed by atoms with E-state index in [0.717, 1.165) is 6.42 Å². The molecule has 4 nitrogen and oxygen atoms in total. The summed E-state index contributed by atoms with van der Waals surface area (Å²) in [4.78, 5) is 14.1. The quantitative estimate of drug-likeness (QED) is 0.760. The molecule has 0 unspecified atom stereocenters. The van der Waals surface area contributed by atoms with Crippen LogP contribution in [0, 0.1) is 13.8 Å². The topological polar surface area (TPSA) is 54.1 Å². The van der Waals surface area contributed by atoms with Gasteiger partial charge in [-0.15, -0.1) is 0 Å². The Morgan fingerprint density at radius 3 is 2.00 bits per heavy atom. The molecule has 0 aromatic carbocycles. The molecule has 0 aliphatic carbocycles. The smallest absolute Gasteiger partial charge is 0.407 e. The van der Waals surface area contributed by atoms with E-state index in [9.17, 15) is 4.79 Å². The standard InChI is InChI=1S/C10H19NO2.C6H9N.C2H6/c1-5-6-7-8-11-9(12)13-10(2,3)4;1-5-3-7-4-6(5)2;1-2/h6-7H,5,8H2,1-4H3,(H,11,12);3-4,7H,1-2H3;1-2H3/b7-6-;;. The summed E-state index contributed by atoms with van der Waals surface area (Å²) in [6.07, 6.45) is 8.51. The fourth-order valence-corrected chi connectivity index (χ4v) is 1.23. The molecule has 0 atom stereocenters. The summed E-state index contributed by atoms with van der Waals surface area (Å²) in [5.74, 6) is 0. The number of allylic oxidation sites excluding steroid dienone is 1. The summed E-state index contributed by atoms with van der Waals surface area (Å²) in [6, 6.07) is 0. The van der Waals surface area contributed by atoms with E-state index in [2.05, 4.69) is 24.1 Å². The Morgan fingerprint density at radius 1 is 1.18 bits per heavy atom. The molecule has 22 heavy (non-hydrogen) atoms. The zero-order chi connectivity index (χ0) is 17.6. The first-order valence-electron chi connectivity index (χ1n) is 7.98. The van der Waals surface area contributed by atoms with Gasteiger partial charge in [0.2, 0.25) is 0 Å². The van der Waals surface area contributed by atoms with Gasteiger partial charge in [-0.2, -0.15) is 0 Å². The summed E-state index contributed by atoms with van der Waals surface area (Å²) < 4.78 is 5.03. The molecular weight excluding hydrogens is 276 g/mol. The first-order valence-corrected chi connectivity index (χ1v) is 7.98. The van der Waals surface area contributed by atoms with Crippen molar-refractivity contribution in [1.29, 1.82) is 0 Å². The van der Waals surface area contributed by atoms with E-state index in [0.29, 0.717) is 6.54 Å². The fourth-order valence-electron chi connectivity index (χ4n) is 1.23. The van der Waals surface area contributed by atoms with Crippen LogP contribution in [0.3, 0.4) is 0 Å². The second kappa shape index (κ2) is 13.0. The lowest BCUT2D eigenvalue weighted by Gasteiger charge is -2.19. The number of ether oxygens (including phenoxy) is 1. The Hall–Kier alpha value is -1.71. The number of alkyl carbamates (subject to hydrolysis) is 1. The molecule has 0 radical (unpaired) electrons. The maximum absolute atomic E-state index is 11.1. The van der Waals surface area contributed by atoms with Crippen LogP contribution in [0.15, 0.2) is 24.5 Å². The molecular formula is C18H34N2O2. The summed E-state index contributed by atoms with van der Waals surface area (Å²) in [5, 5.41) is 2.63. The van der Waals surface area contributed by atoms with Crippen molar-refractivity contribution < 1.29 is 9.53 Å². The zero-order valence-corrected chi connectivity index (χ0v) is 15.5. The highest BCUT2D eigenvalue weighted by Crippen LogP contribution is 2.06. The number of aromatic nitrogens is 1. The average Bonchev–Trinajstić information content (AvgIpc) is 2.80. The van der Waals surface area contributed by atoms with Crippen LogP contribution in [0.1, 0.15) is 59.1 Å². The van der Waals surface area contributed by atoms with Gasteiger partial charge in [0.05, 0.1) is 0 Å². The van der Waals surface area contributed by atoms with Crippen LogP contribution in [-0.4, -0.2) is 23.2 Å². The minimum absolute atomic E-state index is 0.367. The number of carbonyl (C=O) groups excluding carboxylic acids is 1. The van der Waals surface area contributed by atoms with Crippen molar-refractivity contribution in [3.05, 3.63) is 35.7 Å². The summed E-state index contributed by atoms with van der Waals surface area (Å²) in [6.45, 7) is 16.3. The van der Waals surface area contributed by atoms with Gasteiger partial charge in [-0.1, -0.05) is 32.9 Å². The van der Waals surface area contributed by atoms with E-state index in [1.165, 1.54) is 11.1 Å². The van der Waals surface area contributed by atoms with Gasteiger partial charge < -0.3 is 15.0 Å². The second-order valence-electron chi connectivity index (χ2n) is 5.58. The van der Waals surface area contributed by atoms with E-state index in [-0.39, 0.29) is 6.09 Å². The van der Waals surface area contributed by atoms with Crippen LogP contribution < -0.4 is 5.32 Å². The molecule has 4 heteroatoms. The molecule has 0 spiro atoms. The van der Waals surface area contributed by atoms with Crippen molar-refractivity contribution in [1.82, 2.24) is 10.3 Å². The summed E-state index contributed by atoms with van der Waals surface area (Å²) in [7, 11) is 0. The first kappa shape index (κ1) is 22.6. The Morgan fingerprint density at radius 2 is 1.68 bits per heavy atom. The van der Waals surface area contributed by atoms with Gasteiger partial charge in [0.15, 0.2) is 0 Å². The minimum Gasteiger partial charge on any atom is -0.444 e. The molecule has 1 rings (SSSR count). The lowest BCUT2D eigenvalue weighted by molar-refractivity contribution is 0.0534. The average molecular weight is 310 g/mol. The van der Waals surface area contributed by atoms with Crippen molar-refractivity contribution in [2.45, 2.75) is 67.4 Å². The number of H-pyrrole nitrogens is 1. The van der Waals surface area contributed by atoms with Crippen molar-refractivity contribution >= 4 is 6.09 Å². The number of hydrogen-bond donors (Lipinski definition) is 2. The number of rotatable bonds is 3. The predicted molar refractivity (Wildman–Crippen MR) is 95.3 cm³/mol. The van der Waals surface area contributed by atoms with Gasteiger partial charge in [0.1, 0.15) is 5.60 Å². The third kappa shape index (κ3) is 14.7. The zero-order valence-electron chi connectivity index (χ0n) is 15.5. The molecule has 0 aliphatic heterocycles. The maximum Gasteiger partial charge on any atom is 0.407 e. The molecule has 128 valence electrons. The van der Waals surface area contributed by atoms with Gasteiger partial charge in [-0.3, -0.25) is 0 Å². The predicted octanol–water partition coefficient (Wildman–Crippen LogP) is 5.14. The highest BCUT2D eigenvalue weighted by molar-refractivity contribution is 5.67. The van der Waals surface area contributed by atoms with Crippen molar-refractivity contribution in [3.8, 4) is 0 Å². The summed E-state index contributed by atoms with van der Waals surface area (Å²) in [5.41, 5.74) is 2.25. The van der Waals surface area contributed by atoms with Crippen LogP contribution in [0.5, 0.6) is 0 Å². The Labute approximate surface area is 136 Å². The molecule has 0 aliphatic rings. The lowest BCUT2D eigenvalue weighted by Crippen LogP contribution is -2.32. The Balaban J connectivity index is 0. The van der Waals surface area contributed by atoms with Crippen LogP contribution in [0.2, 0.25) is 0 Å². The Bertz CT molecular complexity index is 398. The van der Waals surface area contributed by atoms with E-state index in [1.54, 1.807) is 0 Å². The van der Waals surface area contributed by atoms with Crippen LogP contribution >= 0.6 is 0 Å². The van der Waals surface area contributed by atoms with E-state index in [4.69, 9.17) is 4.74 Å². The van der Waals surface area contributed by atoms with Gasteiger partial charge in [0, 0.05) is 18.9 Å². The van der Waals surface area contributed by atoms with E-state index < -0.39 is 5.60 Å². The number of aryl methyl sites for hydroxylation is 2. The SMILES string of the molecule is CC.CC/C=C\CNC(=O)OC(C)(C)C.Cc1c[nH]cc1C. The van der Waals surface area contributed by atoms with Crippen molar-refractivity contribution in [3.63, 3.8) is 0 Å². The molecule has 0 saturated heterocycles. The number of hydrogen-bond acceptors (Lipinski definition) is 2. The second-order valence-corrected chi connectivity index (χ2v) is 5.58. The molecule has 1 aromatic heterocycles. The van der Waals surface area contributed by atoms with Gasteiger partial charge in [0.25, 0.3) is 0 Å². The van der Waals surface area contributed by atoms with Crippen molar-refractivity contribution in [2.24, 2.45) is 0 Å². The van der Waals surface area contributed by atoms with Crippen LogP contribution in [0.25, 0.3) is 0 Å². The van der Waals surface area contributed by atoms with Gasteiger partial charge in [-0.25, -0.2) is 4.79 Å². The molecule has 1 aromatic rings.